The number of aliphatic hydroxyl groups excluding tert-OH is 1. The molecular formula is C22H20N2O7. The van der Waals surface area contributed by atoms with Crippen molar-refractivity contribution in [3.05, 3.63) is 58.7 Å². The highest BCUT2D eigenvalue weighted by Crippen LogP contribution is 2.31. The molecule has 2 aliphatic heterocycles. The Balaban J connectivity index is 1.49. The minimum Gasteiger partial charge on any atom is -0.457 e. The lowest BCUT2D eigenvalue weighted by molar-refractivity contribution is -0.0562. The second-order valence-electron chi connectivity index (χ2n) is 7.83. The normalized spacial score (nSPS) is 15.3. The predicted octanol–water partition coefficient (Wildman–Crippen LogP) is 1.75. The Morgan fingerprint density at radius 1 is 0.871 bits per heavy atom. The van der Waals surface area contributed by atoms with Crippen LogP contribution < -0.4 is 10.1 Å². The molecule has 9 heteroatoms. The third-order valence-electron chi connectivity index (χ3n) is 5.07. The van der Waals surface area contributed by atoms with Gasteiger partial charge in [0.2, 0.25) is 0 Å². The molecule has 0 bridgehead atoms. The van der Waals surface area contributed by atoms with E-state index < -0.39 is 29.2 Å². The average molecular weight is 424 g/mol. The molecule has 0 radical (unpaired) electrons. The number of nitrogens with zero attached hydrogens (tertiary/aromatic N) is 1. The number of hydrogen-bond donors (Lipinski definition) is 2. The van der Waals surface area contributed by atoms with Gasteiger partial charge in [0.05, 0.1) is 47.6 Å². The number of aliphatic hydroxyl groups is 1. The van der Waals surface area contributed by atoms with Crippen LogP contribution in [0.25, 0.3) is 0 Å². The van der Waals surface area contributed by atoms with Crippen LogP contribution in [0.4, 0.5) is 0 Å². The molecule has 160 valence electrons. The Kier molecular flexibility index (Phi) is 5.08. The van der Waals surface area contributed by atoms with Gasteiger partial charge in [-0.05, 0) is 50.2 Å². The highest BCUT2D eigenvalue weighted by molar-refractivity contribution is 6.22. The second kappa shape index (κ2) is 7.60. The monoisotopic (exact) mass is 424 g/mol. The Morgan fingerprint density at radius 2 is 1.45 bits per heavy atom. The third-order valence-corrected chi connectivity index (χ3v) is 5.07. The molecule has 2 N–H and O–H groups in total. The lowest BCUT2D eigenvalue weighted by atomic mass is 10.1. The van der Waals surface area contributed by atoms with Gasteiger partial charge >= 0.3 is 0 Å². The van der Waals surface area contributed by atoms with Gasteiger partial charge in [-0.25, -0.2) is 0 Å². The summed E-state index contributed by atoms with van der Waals surface area (Å²) in [5.41, 5.74) is 0.189. The standard InChI is InChI=1S/C22H20N2O7/c1-22(2,11-25)30-8-7-24-20(28)15-6-4-13(10-17(15)21(24)29)31-12-3-5-14-16(9-12)19(27)23-18(14)26/h3-6,9-10,25H,7-8,11H2,1-2H3,(H,23,26,27). The van der Waals surface area contributed by atoms with E-state index in [0.717, 1.165) is 4.90 Å². The fourth-order valence-electron chi connectivity index (χ4n) is 3.34. The van der Waals surface area contributed by atoms with Crippen LogP contribution in [0.1, 0.15) is 55.3 Å². The van der Waals surface area contributed by atoms with Crippen LogP contribution in [0.15, 0.2) is 36.4 Å². The van der Waals surface area contributed by atoms with Crippen LogP contribution in [-0.2, 0) is 4.74 Å². The summed E-state index contributed by atoms with van der Waals surface area (Å²) in [7, 11) is 0. The topological polar surface area (TPSA) is 122 Å². The quantitative estimate of drug-likeness (QED) is 0.649. The van der Waals surface area contributed by atoms with Gasteiger partial charge in [-0.1, -0.05) is 0 Å². The van der Waals surface area contributed by atoms with Gasteiger partial charge in [0.1, 0.15) is 11.5 Å². The van der Waals surface area contributed by atoms with Gasteiger partial charge in [0.15, 0.2) is 0 Å². The molecule has 0 fully saturated rings. The van der Waals surface area contributed by atoms with Crippen molar-refractivity contribution in [1.29, 1.82) is 0 Å². The molecule has 0 aliphatic carbocycles. The zero-order valence-corrected chi connectivity index (χ0v) is 16.9. The molecule has 31 heavy (non-hydrogen) atoms. The number of hydrogen-bond acceptors (Lipinski definition) is 7. The maximum absolute atomic E-state index is 12.7. The molecule has 2 heterocycles. The number of carbonyl (C=O) groups excluding carboxylic acids is 4. The molecule has 4 amide bonds. The molecule has 2 aliphatic rings. The predicted molar refractivity (Wildman–Crippen MR) is 107 cm³/mol. The zero-order chi connectivity index (χ0) is 22.3. The zero-order valence-electron chi connectivity index (χ0n) is 16.9. The van der Waals surface area contributed by atoms with E-state index in [4.69, 9.17) is 9.47 Å². The van der Waals surface area contributed by atoms with E-state index in [1.54, 1.807) is 26.0 Å². The summed E-state index contributed by atoms with van der Waals surface area (Å²) in [5.74, 6) is -1.22. The van der Waals surface area contributed by atoms with E-state index in [0.29, 0.717) is 11.5 Å². The molecule has 2 aromatic carbocycles. The van der Waals surface area contributed by atoms with Crippen molar-refractivity contribution in [2.75, 3.05) is 19.8 Å². The lowest BCUT2D eigenvalue weighted by Crippen LogP contribution is -2.37. The number of amides is 4. The van der Waals surface area contributed by atoms with Crippen LogP contribution in [0, 0.1) is 0 Å². The molecular weight excluding hydrogens is 404 g/mol. The second-order valence-corrected chi connectivity index (χ2v) is 7.83. The number of nitrogens with one attached hydrogen (secondary N) is 1. The first kappa shape index (κ1) is 20.7. The summed E-state index contributed by atoms with van der Waals surface area (Å²) in [6.45, 7) is 3.38. The van der Waals surface area contributed by atoms with E-state index in [2.05, 4.69) is 5.32 Å². The van der Waals surface area contributed by atoms with E-state index in [1.807, 2.05) is 0 Å². The van der Waals surface area contributed by atoms with Crippen LogP contribution >= 0.6 is 0 Å². The van der Waals surface area contributed by atoms with Gasteiger partial charge in [-0.15, -0.1) is 0 Å². The Labute approximate surface area is 177 Å². The number of benzene rings is 2. The van der Waals surface area contributed by atoms with Crippen molar-refractivity contribution in [3.63, 3.8) is 0 Å². The largest absolute Gasteiger partial charge is 0.457 e. The number of fused-ring (bicyclic) bond motifs is 2. The molecule has 0 saturated carbocycles. The lowest BCUT2D eigenvalue weighted by Gasteiger charge is -2.24. The van der Waals surface area contributed by atoms with Gasteiger partial charge in [-0.2, -0.15) is 0 Å². The van der Waals surface area contributed by atoms with Crippen molar-refractivity contribution >= 4 is 23.6 Å². The molecule has 9 nitrogen and oxygen atoms in total. The molecule has 0 unspecified atom stereocenters. The highest BCUT2D eigenvalue weighted by Gasteiger charge is 2.36. The minimum absolute atomic E-state index is 0.0555. The fourth-order valence-corrected chi connectivity index (χ4v) is 3.34. The van der Waals surface area contributed by atoms with Crippen molar-refractivity contribution < 1.29 is 33.8 Å². The number of rotatable bonds is 7. The first-order chi connectivity index (χ1) is 14.7. The minimum atomic E-state index is -0.767. The molecule has 2 aromatic rings. The highest BCUT2D eigenvalue weighted by atomic mass is 16.5. The van der Waals surface area contributed by atoms with Crippen molar-refractivity contribution in [1.82, 2.24) is 10.2 Å². The van der Waals surface area contributed by atoms with Gasteiger partial charge in [0, 0.05) is 0 Å². The first-order valence-corrected chi connectivity index (χ1v) is 9.63. The first-order valence-electron chi connectivity index (χ1n) is 9.63. The van der Waals surface area contributed by atoms with Crippen molar-refractivity contribution in [3.8, 4) is 11.5 Å². The van der Waals surface area contributed by atoms with Crippen molar-refractivity contribution in [2.45, 2.75) is 19.4 Å². The molecule has 4 rings (SSSR count). The summed E-state index contributed by atoms with van der Waals surface area (Å²) < 4.78 is 11.3. The van der Waals surface area contributed by atoms with E-state index in [1.165, 1.54) is 24.3 Å². The number of imide groups is 2. The molecule has 0 spiro atoms. The average Bonchev–Trinajstić information content (AvgIpc) is 3.15. The third kappa shape index (κ3) is 3.80. The van der Waals surface area contributed by atoms with Gasteiger partial charge in [-0.3, -0.25) is 29.4 Å². The Morgan fingerprint density at radius 3 is 2.13 bits per heavy atom. The van der Waals surface area contributed by atoms with Gasteiger partial charge in [0.25, 0.3) is 23.6 Å². The number of ether oxygens (including phenoxy) is 2. The SMILES string of the molecule is CC(C)(CO)OCCN1C(=O)c2ccc(Oc3ccc4c(c3)C(=O)NC4=O)cc2C1=O. The fraction of sp³-hybridized carbons (Fsp3) is 0.273. The molecule has 0 aromatic heterocycles. The van der Waals surface area contributed by atoms with Crippen LogP contribution in [0.3, 0.4) is 0 Å². The van der Waals surface area contributed by atoms with Crippen LogP contribution in [0.5, 0.6) is 11.5 Å². The van der Waals surface area contributed by atoms with E-state index >= 15 is 0 Å². The maximum Gasteiger partial charge on any atom is 0.261 e. The summed E-state index contributed by atoms with van der Waals surface area (Å²) >= 11 is 0. The summed E-state index contributed by atoms with van der Waals surface area (Å²) in [6, 6.07) is 9.01. The van der Waals surface area contributed by atoms with Crippen LogP contribution in [-0.4, -0.2) is 59.0 Å². The summed E-state index contributed by atoms with van der Waals surface area (Å²) in [5, 5.41) is 11.4. The van der Waals surface area contributed by atoms with Crippen molar-refractivity contribution in [2.24, 2.45) is 0 Å². The molecule has 0 atom stereocenters. The Hall–Kier alpha value is -3.56. The van der Waals surface area contributed by atoms with E-state index in [9.17, 15) is 24.3 Å². The van der Waals surface area contributed by atoms with Crippen LogP contribution in [0.2, 0.25) is 0 Å². The maximum atomic E-state index is 12.7. The van der Waals surface area contributed by atoms with Gasteiger partial charge < -0.3 is 14.6 Å². The number of carbonyl (C=O) groups is 4. The molecule has 0 saturated heterocycles. The summed E-state index contributed by atoms with van der Waals surface area (Å²) in [4.78, 5) is 49.9. The Bertz CT molecular complexity index is 1120. The van der Waals surface area contributed by atoms with E-state index in [-0.39, 0.29) is 42.0 Å². The summed E-state index contributed by atoms with van der Waals surface area (Å²) in [6.07, 6.45) is 0. The smallest absolute Gasteiger partial charge is 0.261 e.